The van der Waals surface area contributed by atoms with Crippen molar-refractivity contribution in [1.29, 1.82) is 0 Å². The molecule has 0 aromatic carbocycles. The van der Waals surface area contributed by atoms with E-state index in [0.717, 1.165) is 19.3 Å². The molecule has 6 heteroatoms. The van der Waals surface area contributed by atoms with Crippen molar-refractivity contribution < 1.29 is 4.92 Å². The molecule has 0 aliphatic heterocycles. The van der Waals surface area contributed by atoms with Crippen molar-refractivity contribution in [2.24, 2.45) is 0 Å². The number of hydrogen-bond acceptors (Lipinski definition) is 4. The zero-order chi connectivity index (χ0) is 13.1. The van der Waals surface area contributed by atoms with Gasteiger partial charge in [0, 0.05) is 11.6 Å². The summed E-state index contributed by atoms with van der Waals surface area (Å²) in [5.41, 5.74) is 0.639. The predicted molar refractivity (Wildman–Crippen MR) is 73.7 cm³/mol. The van der Waals surface area contributed by atoms with Gasteiger partial charge < -0.3 is 5.32 Å². The maximum Gasteiger partial charge on any atom is 0.291 e. The second-order valence-electron chi connectivity index (χ2n) is 4.31. The first kappa shape index (κ1) is 13.0. The van der Waals surface area contributed by atoms with Crippen LogP contribution >= 0.6 is 15.9 Å². The molecule has 18 heavy (non-hydrogen) atoms. The van der Waals surface area contributed by atoms with Crippen LogP contribution < -0.4 is 5.32 Å². The number of anilines is 1. The Labute approximate surface area is 114 Å². The monoisotopic (exact) mass is 311 g/mol. The van der Waals surface area contributed by atoms with E-state index in [-0.39, 0.29) is 5.69 Å². The van der Waals surface area contributed by atoms with Gasteiger partial charge in [-0.3, -0.25) is 10.1 Å². The first-order valence-electron chi connectivity index (χ1n) is 5.80. The summed E-state index contributed by atoms with van der Waals surface area (Å²) in [7, 11) is 0. The van der Waals surface area contributed by atoms with Crippen LogP contribution in [-0.2, 0) is 0 Å². The Kier molecular flexibility index (Phi) is 3.96. The van der Waals surface area contributed by atoms with E-state index in [1.54, 1.807) is 6.92 Å². The minimum atomic E-state index is -0.416. The van der Waals surface area contributed by atoms with Crippen molar-refractivity contribution in [2.75, 3.05) is 5.32 Å². The van der Waals surface area contributed by atoms with Crippen LogP contribution in [0.15, 0.2) is 22.8 Å². The quantitative estimate of drug-likeness (QED) is 0.526. The zero-order valence-corrected chi connectivity index (χ0v) is 11.6. The van der Waals surface area contributed by atoms with Crippen molar-refractivity contribution in [3.8, 4) is 0 Å². The molecule has 0 amide bonds. The molecule has 1 aliphatic rings. The number of rotatable bonds is 3. The first-order chi connectivity index (χ1) is 8.59. The maximum absolute atomic E-state index is 10.8. The normalized spacial score (nSPS) is 18.7. The third-order valence-electron chi connectivity index (χ3n) is 3.04. The van der Waals surface area contributed by atoms with E-state index in [4.69, 9.17) is 0 Å². The van der Waals surface area contributed by atoms with Crippen LogP contribution in [0.3, 0.4) is 0 Å². The van der Waals surface area contributed by atoms with E-state index in [1.165, 1.54) is 6.20 Å². The molecule has 1 aliphatic carbocycles. The third-order valence-corrected chi connectivity index (χ3v) is 4.01. The van der Waals surface area contributed by atoms with Gasteiger partial charge in [-0.2, -0.15) is 0 Å². The average Bonchev–Trinajstić information content (AvgIpc) is 2.36. The Balaban J connectivity index is 2.21. The standard InChI is InChI=1S/C12H14BrN3O2/c1-8-10(16(17)18)7-14-12(11(8)13)15-9-5-3-2-4-6-9/h2-3,7,9H,4-6H2,1H3,(H,14,15). The van der Waals surface area contributed by atoms with E-state index in [2.05, 4.69) is 38.4 Å². The minimum Gasteiger partial charge on any atom is -0.366 e. The predicted octanol–water partition coefficient (Wildman–Crippen LogP) is 3.58. The van der Waals surface area contributed by atoms with Gasteiger partial charge in [0.25, 0.3) is 5.69 Å². The van der Waals surface area contributed by atoms with Gasteiger partial charge in [0.15, 0.2) is 0 Å². The van der Waals surface area contributed by atoms with Crippen molar-refractivity contribution >= 4 is 27.4 Å². The molecule has 96 valence electrons. The number of hydrogen-bond donors (Lipinski definition) is 1. The van der Waals surface area contributed by atoms with Crippen molar-refractivity contribution in [2.45, 2.75) is 32.2 Å². The van der Waals surface area contributed by atoms with Crippen LogP contribution in [0.5, 0.6) is 0 Å². The molecule has 0 radical (unpaired) electrons. The summed E-state index contributed by atoms with van der Waals surface area (Å²) in [6, 6.07) is 0.347. The highest BCUT2D eigenvalue weighted by molar-refractivity contribution is 9.10. The number of halogens is 1. The van der Waals surface area contributed by atoms with Gasteiger partial charge in [-0.1, -0.05) is 12.2 Å². The largest absolute Gasteiger partial charge is 0.366 e. The highest BCUT2D eigenvalue weighted by Crippen LogP contribution is 2.31. The summed E-state index contributed by atoms with van der Waals surface area (Å²) in [6.07, 6.45) is 8.70. The summed E-state index contributed by atoms with van der Waals surface area (Å²) in [5.74, 6) is 0.679. The van der Waals surface area contributed by atoms with Gasteiger partial charge >= 0.3 is 0 Å². The number of nitrogens with zero attached hydrogens (tertiary/aromatic N) is 2. The highest BCUT2D eigenvalue weighted by atomic mass is 79.9. The molecule has 0 fully saturated rings. The number of allylic oxidation sites excluding steroid dienone is 1. The lowest BCUT2D eigenvalue weighted by atomic mass is 10.0. The highest BCUT2D eigenvalue weighted by Gasteiger charge is 2.19. The molecule has 0 spiro atoms. The Hall–Kier alpha value is -1.43. The Morgan fingerprint density at radius 2 is 2.33 bits per heavy atom. The Morgan fingerprint density at radius 1 is 1.56 bits per heavy atom. The molecule has 1 atom stereocenters. The first-order valence-corrected chi connectivity index (χ1v) is 6.60. The van der Waals surface area contributed by atoms with E-state index >= 15 is 0 Å². The third kappa shape index (κ3) is 2.69. The summed E-state index contributed by atoms with van der Waals surface area (Å²) in [5, 5.41) is 14.1. The average molecular weight is 312 g/mol. The number of pyridine rings is 1. The van der Waals surface area contributed by atoms with Gasteiger partial charge in [0.2, 0.25) is 0 Å². The molecule has 1 aromatic heterocycles. The van der Waals surface area contributed by atoms with Gasteiger partial charge in [-0.05, 0) is 42.1 Å². The van der Waals surface area contributed by atoms with Crippen molar-refractivity contribution in [3.05, 3.63) is 38.5 Å². The fourth-order valence-electron chi connectivity index (χ4n) is 1.97. The van der Waals surface area contributed by atoms with Gasteiger partial charge in [-0.15, -0.1) is 0 Å². The number of nitro groups is 1. The Bertz CT molecular complexity index is 502. The van der Waals surface area contributed by atoms with E-state index in [0.29, 0.717) is 21.9 Å². The summed E-state index contributed by atoms with van der Waals surface area (Å²) < 4.78 is 0.672. The fourth-order valence-corrected chi connectivity index (χ4v) is 2.39. The molecule has 0 saturated carbocycles. The van der Waals surface area contributed by atoms with Crippen LogP contribution in [0.1, 0.15) is 24.8 Å². The molecule has 5 nitrogen and oxygen atoms in total. The lowest BCUT2D eigenvalue weighted by molar-refractivity contribution is -0.385. The second-order valence-corrected chi connectivity index (χ2v) is 5.11. The molecule has 1 heterocycles. The SMILES string of the molecule is Cc1c([N+](=O)[O-])cnc(NC2CC=CCC2)c1Br. The molecular formula is C12H14BrN3O2. The lowest BCUT2D eigenvalue weighted by Crippen LogP contribution is -2.21. The molecule has 2 rings (SSSR count). The molecule has 1 unspecified atom stereocenters. The van der Waals surface area contributed by atoms with Crippen LogP contribution in [-0.4, -0.2) is 15.9 Å². The minimum absolute atomic E-state index is 0.0379. The molecular weight excluding hydrogens is 298 g/mol. The lowest BCUT2D eigenvalue weighted by Gasteiger charge is -2.20. The van der Waals surface area contributed by atoms with Crippen LogP contribution in [0, 0.1) is 17.0 Å². The van der Waals surface area contributed by atoms with E-state index < -0.39 is 4.92 Å². The molecule has 0 saturated heterocycles. The smallest absolute Gasteiger partial charge is 0.291 e. The number of aromatic nitrogens is 1. The van der Waals surface area contributed by atoms with Crippen LogP contribution in [0.25, 0.3) is 0 Å². The summed E-state index contributed by atoms with van der Waals surface area (Å²) in [4.78, 5) is 14.5. The van der Waals surface area contributed by atoms with E-state index in [9.17, 15) is 10.1 Å². The van der Waals surface area contributed by atoms with Gasteiger partial charge in [0.05, 0.1) is 9.40 Å². The Morgan fingerprint density at radius 3 is 2.94 bits per heavy atom. The molecule has 1 N–H and O–H groups in total. The number of nitrogens with one attached hydrogen (secondary N) is 1. The van der Waals surface area contributed by atoms with Crippen molar-refractivity contribution in [3.63, 3.8) is 0 Å². The van der Waals surface area contributed by atoms with Crippen LogP contribution in [0.4, 0.5) is 11.5 Å². The summed E-state index contributed by atoms with van der Waals surface area (Å²) in [6.45, 7) is 1.72. The van der Waals surface area contributed by atoms with Gasteiger partial charge in [-0.25, -0.2) is 4.98 Å². The second kappa shape index (κ2) is 5.48. The topological polar surface area (TPSA) is 68.1 Å². The van der Waals surface area contributed by atoms with E-state index in [1.807, 2.05) is 0 Å². The summed E-state index contributed by atoms with van der Waals surface area (Å²) >= 11 is 3.38. The molecule has 0 bridgehead atoms. The fraction of sp³-hybridized carbons (Fsp3) is 0.417. The molecule has 1 aromatic rings. The van der Waals surface area contributed by atoms with Crippen molar-refractivity contribution in [1.82, 2.24) is 4.98 Å². The van der Waals surface area contributed by atoms with Gasteiger partial charge in [0.1, 0.15) is 12.0 Å². The zero-order valence-electron chi connectivity index (χ0n) is 10.0. The maximum atomic E-state index is 10.8. The van der Waals surface area contributed by atoms with Crippen LogP contribution in [0.2, 0.25) is 0 Å².